The van der Waals surface area contributed by atoms with Crippen molar-refractivity contribution in [2.24, 2.45) is 5.73 Å². The van der Waals surface area contributed by atoms with Gasteiger partial charge in [0.25, 0.3) is 0 Å². The monoisotopic (exact) mass is 281 g/mol. The van der Waals surface area contributed by atoms with Crippen LogP contribution in [-0.4, -0.2) is 12.8 Å². The molecule has 0 aliphatic heterocycles. The first-order valence-electron chi connectivity index (χ1n) is 6.07. The predicted molar refractivity (Wildman–Crippen MR) is 71.3 cm³/mol. The maximum Gasteiger partial charge on any atom is 0.422 e. The van der Waals surface area contributed by atoms with Crippen molar-refractivity contribution in [2.75, 3.05) is 6.61 Å². The fraction of sp³-hybridized carbons (Fsp3) is 0.200. The van der Waals surface area contributed by atoms with E-state index in [-0.39, 0.29) is 5.75 Å². The molecule has 2 aromatic carbocycles. The van der Waals surface area contributed by atoms with E-state index in [4.69, 9.17) is 5.73 Å². The molecule has 0 unspecified atom stereocenters. The van der Waals surface area contributed by atoms with E-state index in [2.05, 4.69) is 4.74 Å². The van der Waals surface area contributed by atoms with Crippen LogP contribution in [0.2, 0.25) is 0 Å². The minimum Gasteiger partial charge on any atom is -0.484 e. The number of halogens is 3. The van der Waals surface area contributed by atoms with Gasteiger partial charge in [0, 0.05) is 6.54 Å². The Kier molecular flexibility index (Phi) is 4.29. The standard InChI is InChI=1S/C15H14F3NO/c16-15(17,18)10-20-14-7-5-13(6-8-14)12-3-1-11(9-19)2-4-12/h1-8H,9-10,19H2. The van der Waals surface area contributed by atoms with Gasteiger partial charge in [-0.2, -0.15) is 13.2 Å². The van der Waals surface area contributed by atoms with E-state index < -0.39 is 12.8 Å². The van der Waals surface area contributed by atoms with Gasteiger partial charge in [-0.25, -0.2) is 0 Å². The molecule has 0 aromatic heterocycles. The molecule has 0 amide bonds. The molecule has 0 saturated carbocycles. The van der Waals surface area contributed by atoms with Crippen molar-refractivity contribution >= 4 is 0 Å². The Balaban J connectivity index is 2.07. The van der Waals surface area contributed by atoms with Crippen LogP contribution in [0.5, 0.6) is 5.75 Å². The Labute approximate surface area is 115 Å². The number of rotatable bonds is 4. The van der Waals surface area contributed by atoms with Crippen LogP contribution in [0.3, 0.4) is 0 Å². The maximum absolute atomic E-state index is 12.0. The van der Waals surface area contributed by atoms with Crippen LogP contribution in [-0.2, 0) is 6.54 Å². The van der Waals surface area contributed by atoms with Gasteiger partial charge in [0.1, 0.15) is 5.75 Å². The van der Waals surface area contributed by atoms with Crippen molar-refractivity contribution in [3.63, 3.8) is 0 Å². The molecule has 0 bridgehead atoms. The van der Waals surface area contributed by atoms with E-state index in [0.29, 0.717) is 6.54 Å². The van der Waals surface area contributed by atoms with Crippen molar-refractivity contribution in [1.82, 2.24) is 0 Å². The van der Waals surface area contributed by atoms with Crippen molar-refractivity contribution in [3.8, 4) is 16.9 Å². The molecule has 0 spiro atoms. The van der Waals surface area contributed by atoms with Crippen LogP contribution in [0.25, 0.3) is 11.1 Å². The second-order valence-corrected chi connectivity index (χ2v) is 4.33. The highest BCUT2D eigenvalue weighted by molar-refractivity contribution is 5.64. The zero-order valence-electron chi connectivity index (χ0n) is 10.7. The predicted octanol–water partition coefficient (Wildman–Crippen LogP) is 3.75. The van der Waals surface area contributed by atoms with Gasteiger partial charge in [0.05, 0.1) is 0 Å². The van der Waals surface area contributed by atoms with Crippen LogP contribution >= 0.6 is 0 Å². The van der Waals surface area contributed by atoms with Gasteiger partial charge in [-0.3, -0.25) is 0 Å². The lowest BCUT2D eigenvalue weighted by atomic mass is 10.0. The molecule has 0 aliphatic rings. The van der Waals surface area contributed by atoms with E-state index in [1.165, 1.54) is 12.1 Å². The second kappa shape index (κ2) is 5.96. The summed E-state index contributed by atoms with van der Waals surface area (Å²) < 4.78 is 40.7. The Hall–Kier alpha value is -2.01. The first-order chi connectivity index (χ1) is 9.48. The molecular weight excluding hydrogens is 267 g/mol. The molecule has 0 aliphatic carbocycles. The van der Waals surface area contributed by atoms with Gasteiger partial charge in [-0.1, -0.05) is 36.4 Å². The highest BCUT2D eigenvalue weighted by atomic mass is 19.4. The quantitative estimate of drug-likeness (QED) is 0.926. The summed E-state index contributed by atoms with van der Waals surface area (Å²) in [6.45, 7) is -0.804. The van der Waals surface area contributed by atoms with Crippen molar-refractivity contribution in [3.05, 3.63) is 54.1 Å². The summed E-state index contributed by atoms with van der Waals surface area (Å²) in [5.74, 6) is 0.199. The van der Waals surface area contributed by atoms with E-state index >= 15 is 0 Å². The Bertz CT molecular complexity index is 547. The molecule has 20 heavy (non-hydrogen) atoms. The molecule has 0 atom stereocenters. The van der Waals surface area contributed by atoms with Gasteiger partial charge in [-0.05, 0) is 28.8 Å². The molecule has 0 fully saturated rings. The normalized spacial score (nSPS) is 11.4. The third-order valence-corrected chi connectivity index (χ3v) is 2.78. The Morgan fingerprint density at radius 1 is 0.850 bits per heavy atom. The summed E-state index contributed by atoms with van der Waals surface area (Å²) >= 11 is 0. The lowest BCUT2D eigenvalue weighted by Gasteiger charge is -2.09. The SMILES string of the molecule is NCc1ccc(-c2ccc(OCC(F)(F)F)cc2)cc1. The maximum atomic E-state index is 12.0. The Morgan fingerprint density at radius 3 is 1.80 bits per heavy atom. The minimum absolute atomic E-state index is 0.199. The average molecular weight is 281 g/mol. The van der Waals surface area contributed by atoms with Crippen LogP contribution in [0.1, 0.15) is 5.56 Å². The third-order valence-electron chi connectivity index (χ3n) is 2.78. The summed E-state index contributed by atoms with van der Waals surface area (Å²) in [7, 11) is 0. The molecule has 2 N–H and O–H groups in total. The molecule has 0 heterocycles. The summed E-state index contributed by atoms with van der Waals surface area (Å²) in [5, 5.41) is 0. The average Bonchev–Trinajstić information content (AvgIpc) is 2.45. The van der Waals surface area contributed by atoms with E-state index in [1.54, 1.807) is 12.1 Å². The molecule has 2 rings (SSSR count). The fourth-order valence-electron chi connectivity index (χ4n) is 1.74. The van der Waals surface area contributed by atoms with Crippen molar-refractivity contribution in [1.29, 1.82) is 0 Å². The summed E-state index contributed by atoms with van der Waals surface area (Å²) in [6, 6.07) is 14.2. The van der Waals surface area contributed by atoms with Crippen molar-refractivity contribution in [2.45, 2.75) is 12.7 Å². The topological polar surface area (TPSA) is 35.2 Å². The third kappa shape index (κ3) is 3.99. The van der Waals surface area contributed by atoms with Gasteiger partial charge in [0.15, 0.2) is 6.61 Å². The summed E-state index contributed by atoms with van der Waals surface area (Å²) in [5.41, 5.74) is 8.43. The minimum atomic E-state index is -4.32. The van der Waals surface area contributed by atoms with Crippen LogP contribution in [0, 0.1) is 0 Å². The lowest BCUT2D eigenvalue weighted by Crippen LogP contribution is -2.19. The summed E-state index contributed by atoms with van der Waals surface area (Å²) in [4.78, 5) is 0. The van der Waals surface area contributed by atoms with Crippen LogP contribution < -0.4 is 10.5 Å². The highest BCUT2D eigenvalue weighted by Gasteiger charge is 2.28. The van der Waals surface area contributed by atoms with E-state index in [0.717, 1.165) is 16.7 Å². The second-order valence-electron chi connectivity index (χ2n) is 4.33. The lowest BCUT2D eigenvalue weighted by molar-refractivity contribution is -0.153. The Morgan fingerprint density at radius 2 is 1.35 bits per heavy atom. The van der Waals surface area contributed by atoms with Gasteiger partial charge < -0.3 is 10.5 Å². The van der Waals surface area contributed by atoms with Crippen molar-refractivity contribution < 1.29 is 17.9 Å². The van der Waals surface area contributed by atoms with E-state index in [1.807, 2.05) is 24.3 Å². The van der Waals surface area contributed by atoms with Gasteiger partial charge in [-0.15, -0.1) is 0 Å². The molecule has 0 radical (unpaired) electrons. The molecule has 5 heteroatoms. The zero-order valence-corrected chi connectivity index (χ0v) is 10.7. The number of hydrogen-bond donors (Lipinski definition) is 1. The highest BCUT2D eigenvalue weighted by Crippen LogP contribution is 2.24. The molecule has 0 saturated heterocycles. The van der Waals surface area contributed by atoms with Crippen LogP contribution in [0.4, 0.5) is 13.2 Å². The van der Waals surface area contributed by atoms with E-state index in [9.17, 15) is 13.2 Å². The number of nitrogens with two attached hydrogens (primary N) is 1. The molecule has 106 valence electrons. The number of hydrogen-bond acceptors (Lipinski definition) is 2. The first kappa shape index (κ1) is 14.4. The molecular formula is C15H14F3NO. The number of ether oxygens (including phenoxy) is 1. The van der Waals surface area contributed by atoms with Crippen LogP contribution in [0.15, 0.2) is 48.5 Å². The smallest absolute Gasteiger partial charge is 0.422 e. The fourth-order valence-corrected chi connectivity index (χ4v) is 1.74. The van der Waals surface area contributed by atoms with Gasteiger partial charge in [0.2, 0.25) is 0 Å². The molecule has 2 aromatic rings. The first-order valence-corrected chi connectivity index (χ1v) is 6.07. The molecule has 2 nitrogen and oxygen atoms in total. The number of alkyl halides is 3. The summed E-state index contributed by atoms with van der Waals surface area (Å²) in [6.07, 6.45) is -4.32. The zero-order chi connectivity index (χ0) is 14.6. The largest absolute Gasteiger partial charge is 0.484 e. The number of benzene rings is 2. The van der Waals surface area contributed by atoms with Gasteiger partial charge >= 0.3 is 6.18 Å².